The molecule has 1 amide bonds. The lowest BCUT2D eigenvalue weighted by atomic mass is 10.3. The zero-order valence-electron chi connectivity index (χ0n) is 8.20. The van der Waals surface area contributed by atoms with Crippen molar-refractivity contribution in [2.24, 2.45) is 0 Å². The van der Waals surface area contributed by atoms with E-state index in [-0.39, 0.29) is 6.42 Å². The van der Waals surface area contributed by atoms with Crippen LogP contribution in [0.25, 0.3) is 0 Å². The Morgan fingerprint density at radius 2 is 1.92 bits per heavy atom. The number of carbonyl (C=O) groups is 1. The van der Waals surface area contributed by atoms with Crippen LogP contribution in [0.5, 0.6) is 0 Å². The number of nitrogens with one attached hydrogen (secondary N) is 1. The topological polar surface area (TPSA) is 66.5 Å². The third kappa shape index (κ3) is 9.29. The van der Waals surface area contributed by atoms with Crippen LogP contribution in [0, 0.1) is 0 Å². The Bertz CT molecular complexity index is 259. The molecule has 0 saturated carbocycles. The Kier molecular flexibility index (Phi) is 4.94. The fourth-order valence-electron chi connectivity index (χ4n) is 0.814. The third-order valence-electron chi connectivity index (χ3n) is 1.31. The van der Waals surface area contributed by atoms with Crippen LogP contribution < -0.4 is 4.72 Å². The fraction of sp³-hybridized carbons (Fsp3) is 0.857. The number of hydrogen-bond donors (Lipinski definition) is 1. The van der Waals surface area contributed by atoms with E-state index in [9.17, 15) is 13.2 Å². The van der Waals surface area contributed by atoms with Gasteiger partial charge in [-0.25, -0.2) is 8.42 Å². The second-order valence-electron chi connectivity index (χ2n) is 3.20. The van der Waals surface area contributed by atoms with Gasteiger partial charge in [0.25, 0.3) is 0 Å². The smallest absolute Gasteiger partial charge is 0.233 e. The number of nitrogens with zero attached hydrogens (tertiary/aromatic N) is 1. The number of carbonyl (C=O) groups excluding carboxylic acids is 1. The lowest BCUT2D eigenvalue weighted by Crippen LogP contribution is -2.29. The number of hydrogen-bond acceptors (Lipinski definition) is 4. The second-order valence-corrected chi connectivity index (χ2v) is 4.95. The molecule has 0 saturated heterocycles. The number of rotatable bonds is 5. The molecule has 0 bridgehead atoms. The van der Waals surface area contributed by atoms with Crippen molar-refractivity contribution in [2.75, 3.05) is 26.9 Å². The van der Waals surface area contributed by atoms with Gasteiger partial charge in [0.15, 0.2) is 0 Å². The molecule has 6 heteroatoms. The van der Waals surface area contributed by atoms with Gasteiger partial charge in [-0.1, -0.05) is 0 Å². The van der Waals surface area contributed by atoms with Crippen molar-refractivity contribution >= 4 is 15.9 Å². The molecule has 0 fully saturated rings. The van der Waals surface area contributed by atoms with Gasteiger partial charge >= 0.3 is 0 Å². The van der Waals surface area contributed by atoms with Crippen LogP contribution in [0.1, 0.15) is 12.8 Å². The Morgan fingerprint density at radius 3 is 2.31 bits per heavy atom. The summed E-state index contributed by atoms with van der Waals surface area (Å²) in [7, 11) is 0.407. The molecule has 78 valence electrons. The molecule has 0 rings (SSSR count). The van der Waals surface area contributed by atoms with E-state index in [2.05, 4.69) is 0 Å². The molecule has 5 nitrogen and oxygen atoms in total. The van der Waals surface area contributed by atoms with Crippen molar-refractivity contribution in [3.05, 3.63) is 0 Å². The molecule has 0 aromatic carbocycles. The standard InChI is InChI=1S/C7H16N2O3S/c1-9(2)6-4-5-7(10)8-13(3,11)12/h4-6H2,1-3H3,(H,8,10). The van der Waals surface area contributed by atoms with Gasteiger partial charge in [0.05, 0.1) is 6.26 Å². The summed E-state index contributed by atoms with van der Waals surface area (Å²) in [6.07, 6.45) is 1.87. The monoisotopic (exact) mass is 208 g/mol. The summed E-state index contributed by atoms with van der Waals surface area (Å²) in [4.78, 5) is 12.9. The molecule has 0 aromatic rings. The molecule has 1 N–H and O–H groups in total. The Balaban J connectivity index is 3.65. The minimum absolute atomic E-state index is 0.241. The summed E-state index contributed by atoms with van der Waals surface area (Å²) >= 11 is 0. The predicted octanol–water partition coefficient (Wildman–Crippen LogP) is -0.596. The molecule has 0 aromatic heterocycles. The summed E-state index contributed by atoms with van der Waals surface area (Å²) in [5.41, 5.74) is 0. The van der Waals surface area contributed by atoms with E-state index in [1.54, 1.807) is 0 Å². The van der Waals surface area contributed by atoms with E-state index in [4.69, 9.17) is 0 Å². The second kappa shape index (κ2) is 5.18. The number of amides is 1. The van der Waals surface area contributed by atoms with Gasteiger partial charge < -0.3 is 4.90 Å². The van der Waals surface area contributed by atoms with E-state index in [1.807, 2.05) is 23.7 Å². The first kappa shape index (κ1) is 12.4. The largest absolute Gasteiger partial charge is 0.309 e. The summed E-state index contributed by atoms with van der Waals surface area (Å²) in [6.45, 7) is 0.775. The molecule has 0 heterocycles. The Morgan fingerprint density at radius 1 is 1.38 bits per heavy atom. The number of sulfonamides is 1. The van der Waals surface area contributed by atoms with Crippen LogP contribution in [-0.2, 0) is 14.8 Å². The minimum Gasteiger partial charge on any atom is -0.309 e. The Labute approximate surface area is 79.2 Å². The molecule has 0 aliphatic carbocycles. The first-order chi connectivity index (χ1) is 5.81. The molecular weight excluding hydrogens is 192 g/mol. The highest BCUT2D eigenvalue weighted by Gasteiger charge is 2.07. The van der Waals surface area contributed by atoms with Gasteiger partial charge in [-0.3, -0.25) is 9.52 Å². The zero-order chi connectivity index (χ0) is 10.5. The van der Waals surface area contributed by atoms with Gasteiger partial charge in [-0.05, 0) is 27.1 Å². The Hall–Kier alpha value is -0.620. The van der Waals surface area contributed by atoms with Gasteiger partial charge in [0.2, 0.25) is 15.9 Å². The van der Waals surface area contributed by atoms with Gasteiger partial charge in [-0.15, -0.1) is 0 Å². The van der Waals surface area contributed by atoms with E-state index in [0.717, 1.165) is 12.8 Å². The van der Waals surface area contributed by atoms with Crippen LogP contribution in [0.4, 0.5) is 0 Å². The van der Waals surface area contributed by atoms with E-state index < -0.39 is 15.9 Å². The average molecular weight is 208 g/mol. The van der Waals surface area contributed by atoms with E-state index in [0.29, 0.717) is 6.42 Å². The highest BCUT2D eigenvalue weighted by molar-refractivity contribution is 7.89. The van der Waals surface area contributed by atoms with Crippen molar-refractivity contribution in [1.82, 2.24) is 9.62 Å². The summed E-state index contributed by atoms with van der Waals surface area (Å²) in [6, 6.07) is 0. The van der Waals surface area contributed by atoms with Crippen molar-refractivity contribution in [2.45, 2.75) is 12.8 Å². The van der Waals surface area contributed by atoms with Crippen molar-refractivity contribution in [1.29, 1.82) is 0 Å². The maximum absolute atomic E-state index is 10.9. The van der Waals surface area contributed by atoms with Gasteiger partial charge in [0, 0.05) is 6.42 Å². The highest BCUT2D eigenvalue weighted by atomic mass is 32.2. The van der Waals surface area contributed by atoms with Crippen LogP contribution >= 0.6 is 0 Å². The summed E-state index contributed by atoms with van der Waals surface area (Å²) < 4.78 is 23.1. The van der Waals surface area contributed by atoms with Crippen LogP contribution in [0.3, 0.4) is 0 Å². The molecule has 0 atom stereocenters. The maximum atomic E-state index is 10.9. The zero-order valence-corrected chi connectivity index (χ0v) is 9.02. The molecule has 0 unspecified atom stereocenters. The van der Waals surface area contributed by atoms with Crippen LogP contribution in [0.15, 0.2) is 0 Å². The van der Waals surface area contributed by atoms with Gasteiger partial charge in [0.1, 0.15) is 0 Å². The van der Waals surface area contributed by atoms with E-state index in [1.165, 1.54) is 0 Å². The SMILES string of the molecule is CN(C)CCCC(=O)NS(C)(=O)=O. The average Bonchev–Trinajstić information content (AvgIpc) is 1.81. The molecule has 0 aliphatic heterocycles. The summed E-state index contributed by atoms with van der Waals surface area (Å²) in [5.74, 6) is -0.440. The minimum atomic E-state index is -3.39. The fourth-order valence-corrected chi connectivity index (χ4v) is 1.33. The van der Waals surface area contributed by atoms with Crippen LogP contribution in [-0.4, -0.2) is 46.1 Å². The predicted molar refractivity (Wildman–Crippen MR) is 50.8 cm³/mol. The van der Waals surface area contributed by atoms with Crippen molar-refractivity contribution in [3.8, 4) is 0 Å². The molecule has 0 radical (unpaired) electrons. The lowest BCUT2D eigenvalue weighted by molar-refractivity contribution is -0.119. The van der Waals surface area contributed by atoms with Crippen molar-refractivity contribution < 1.29 is 13.2 Å². The first-order valence-electron chi connectivity index (χ1n) is 3.96. The molecular formula is C7H16N2O3S. The summed E-state index contributed by atoms with van der Waals surface area (Å²) in [5, 5.41) is 0. The van der Waals surface area contributed by atoms with E-state index >= 15 is 0 Å². The van der Waals surface area contributed by atoms with Gasteiger partial charge in [-0.2, -0.15) is 0 Å². The molecule has 13 heavy (non-hydrogen) atoms. The van der Waals surface area contributed by atoms with Crippen molar-refractivity contribution in [3.63, 3.8) is 0 Å². The molecule has 0 aliphatic rings. The third-order valence-corrected chi connectivity index (χ3v) is 1.91. The quantitative estimate of drug-likeness (QED) is 0.655. The highest BCUT2D eigenvalue weighted by Crippen LogP contribution is 1.91. The maximum Gasteiger partial charge on any atom is 0.233 e. The first-order valence-corrected chi connectivity index (χ1v) is 5.86. The molecule has 0 spiro atoms. The lowest BCUT2D eigenvalue weighted by Gasteiger charge is -2.08. The normalized spacial score (nSPS) is 11.7. The van der Waals surface area contributed by atoms with Crippen LogP contribution in [0.2, 0.25) is 0 Å².